The van der Waals surface area contributed by atoms with Crippen LogP contribution in [0.2, 0.25) is 0 Å². The molecule has 0 bridgehead atoms. The highest BCUT2D eigenvalue weighted by atomic mass is 32.2. The largest absolute Gasteiger partial charge is 0.386 e. The number of nitrogens with one attached hydrogen (secondary N) is 1. The predicted octanol–water partition coefficient (Wildman–Crippen LogP) is 1.47. The van der Waals surface area contributed by atoms with Crippen LogP contribution in [0.5, 0.6) is 0 Å². The first-order valence-corrected chi connectivity index (χ1v) is 7.79. The summed E-state index contributed by atoms with van der Waals surface area (Å²) in [4.78, 5) is 0.278. The zero-order valence-corrected chi connectivity index (χ0v) is 11.8. The summed E-state index contributed by atoms with van der Waals surface area (Å²) in [5.74, 6) is -0.0732. The van der Waals surface area contributed by atoms with Crippen LogP contribution in [0.4, 0.5) is 0 Å². The monoisotopic (exact) mass is 281 g/mol. The molecule has 1 aliphatic rings. The van der Waals surface area contributed by atoms with Gasteiger partial charge in [0.1, 0.15) is 5.84 Å². The molecule has 0 saturated carbocycles. The molecule has 1 heterocycles. The number of nitrogens with two attached hydrogens (primary N) is 1. The van der Waals surface area contributed by atoms with E-state index in [4.69, 9.17) is 11.1 Å². The number of amidine groups is 1. The normalized spacial score (nSPS) is 21.2. The van der Waals surface area contributed by atoms with Crippen molar-refractivity contribution in [3.05, 3.63) is 29.8 Å². The summed E-state index contributed by atoms with van der Waals surface area (Å²) in [6.45, 7) is 2.29. The molecular formula is C13H19N3O2S. The van der Waals surface area contributed by atoms with E-state index in [0.29, 0.717) is 13.0 Å². The number of aryl methyl sites for hydroxylation is 1. The highest BCUT2D eigenvalue weighted by Gasteiger charge is 2.35. The lowest BCUT2D eigenvalue weighted by Crippen LogP contribution is -2.50. The average Bonchev–Trinajstić information content (AvgIpc) is 2.38. The van der Waals surface area contributed by atoms with Crippen molar-refractivity contribution in [3.63, 3.8) is 0 Å². The number of nitrogens with zero attached hydrogens (tertiary/aromatic N) is 1. The number of rotatable bonds is 3. The van der Waals surface area contributed by atoms with Gasteiger partial charge in [0.2, 0.25) is 10.0 Å². The van der Waals surface area contributed by atoms with E-state index >= 15 is 0 Å². The molecule has 6 heteroatoms. The van der Waals surface area contributed by atoms with E-state index in [-0.39, 0.29) is 10.7 Å². The molecule has 0 amide bonds. The number of piperidine rings is 1. The lowest BCUT2D eigenvalue weighted by molar-refractivity contribution is 0.303. The van der Waals surface area contributed by atoms with Crippen molar-refractivity contribution in [2.75, 3.05) is 6.54 Å². The van der Waals surface area contributed by atoms with Crippen LogP contribution in [-0.4, -0.2) is 31.1 Å². The molecule has 19 heavy (non-hydrogen) atoms. The van der Waals surface area contributed by atoms with Gasteiger partial charge in [-0.15, -0.1) is 0 Å². The van der Waals surface area contributed by atoms with Gasteiger partial charge in [-0.3, -0.25) is 5.41 Å². The molecule has 2 rings (SSSR count). The fourth-order valence-electron chi connectivity index (χ4n) is 2.41. The van der Waals surface area contributed by atoms with Crippen LogP contribution in [0, 0.1) is 12.3 Å². The van der Waals surface area contributed by atoms with E-state index in [0.717, 1.165) is 18.4 Å². The lowest BCUT2D eigenvalue weighted by atomic mass is 10.0. The zero-order valence-electron chi connectivity index (χ0n) is 11.0. The quantitative estimate of drug-likeness (QED) is 0.649. The van der Waals surface area contributed by atoms with E-state index in [1.54, 1.807) is 18.2 Å². The number of hydrogen-bond donors (Lipinski definition) is 2. The van der Waals surface area contributed by atoms with Gasteiger partial charge in [0, 0.05) is 6.54 Å². The summed E-state index contributed by atoms with van der Waals surface area (Å²) in [7, 11) is -3.57. The first kappa shape index (κ1) is 14.0. The Morgan fingerprint density at radius 1 is 1.42 bits per heavy atom. The fraction of sp³-hybridized carbons (Fsp3) is 0.462. The standard InChI is InChI=1S/C13H19N3O2S/c1-10-5-4-6-11(9-10)19(17,18)16-8-3-2-7-12(16)13(14)15/h4-6,9,12H,2-3,7-8H2,1H3,(H3,14,15). The molecule has 1 fully saturated rings. The van der Waals surface area contributed by atoms with Crippen molar-refractivity contribution < 1.29 is 8.42 Å². The minimum atomic E-state index is -3.57. The highest BCUT2D eigenvalue weighted by Crippen LogP contribution is 2.25. The summed E-state index contributed by atoms with van der Waals surface area (Å²) >= 11 is 0. The van der Waals surface area contributed by atoms with E-state index in [1.807, 2.05) is 13.0 Å². The molecule has 1 unspecified atom stereocenters. The molecule has 3 N–H and O–H groups in total. The van der Waals surface area contributed by atoms with Gasteiger partial charge in [-0.1, -0.05) is 18.6 Å². The van der Waals surface area contributed by atoms with Crippen molar-refractivity contribution in [1.82, 2.24) is 4.31 Å². The molecule has 1 aromatic carbocycles. The molecule has 1 aliphatic heterocycles. The summed E-state index contributed by atoms with van der Waals surface area (Å²) in [6, 6.07) is 6.33. The Labute approximate surface area is 114 Å². The van der Waals surface area contributed by atoms with Crippen LogP contribution in [0.3, 0.4) is 0 Å². The van der Waals surface area contributed by atoms with Gasteiger partial charge in [0.25, 0.3) is 0 Å². The second-order valence-corrected chi connectivity index (χ2v) is 6.79. The van der Waals surface area contributed by atoms with Crippen molar-refractivity contribution in [2.24, 2.45) is 5.73 Å². The third-order valence-electron chi connectivity index (χ3n) is 3.41. The van der Waals surface area contributed by atoms with E-state index < -0.39 is 16.1 Å². The minimum absolute atomic E-state index is 0.0732. The summed E-state index contributed by atoms with van der Waals surface area (Å²) in [5, 5.41) is 7.58. The molecule has 104 valence electrons. The third-order valence-corrected chi connectivity index (χ3v) is 5.31. The Kier molecular flexibility index (Phi) is 3.91. The second kappa shape index (κ2) is 5.30. The van der Waals surface area contributed by atoms with E-state index in [9.17, 15) is 8.42 Å². The van der Waals surface area contributed by atoms with Gasteiger partial charge in [0.05, 0.1) is 10.9 Å². The Balaban J connectivity index is 2.40. The fourth-order valence-corrected chi connectivity index (χ4v) is 4.19. The molecule has 0 radical (unpaired) electrons. The van der Waals surface area contributed by atoms with Crippen LogP contribution in [0.25, 0.3) is 0 Å². The number of sulfonamides is 1. The van der Waals surface area contributed by atoms with Gasteiger partial charge in [-0.25, -0.2) is 8.42 Å². The SMILES string of the molecule is Cc1cccc(S(=O)(=O)N2CCCCC2C(=N)N)c1. The Bertz CT molecular complexity index is 583. The van der Waals surface area contributed by atoms with Gasteiger partial charge in [-0.05, 0) is 37.5 Å². The first-order chi connectivity index (χ1) is 8.93. The van der Waals surface area contributed by atoms with Crippen LogP contribution < -0.4 is 5.73 Å². The van der Waals surface area contributed by atoms with E-state index in [2.05, 4.69) is 0 Å². The lowest BCUT2D eigenvalue weighted by Gasteiger charge is -2.33. The number of hydrogen-bond acceptors (Lipinski definition) is 3. The molecule has 0 spiro atoms. The van der Waals surface area contributed by atoms with Gasteiger partial charge in [-0.2, -0.15) is 4.31 Å². The molecule has 0 aliphatic carbocycles. The Hall–Kier alpha value is -1.40. The van der Waals surface area contributed by atoms with Gasteiger partial charge in [0.15, 0.2) is 0 Å². The van der Waals surface area contributed by atoms with Crippen molar-refractivity contribution >= 4 is 15.9 Å². The first-order valence-electron chi connectivity index (χ1n) is 6.35. The Morgan fingerprint density at radius 2 is 2.16 bits per heavy atom. The average molecular weight is 281 g/mol. The summed E-state index contributed by atoms with van der Waals surface area (Å²) < 4.78 is 26.6. The van der Waals surface area contributed by atoms with E-state index in [1.165, 1.54) is 4.31 Å². The maximum Gasteiger partial charge on any atom is 0.243 e. The molecule has 1 atom stereocenters. The topological polar surface area (TPSA) is 87.2 Å². The van der Waals surface area contributed by atoms with Crippen molar-refractivity contribution in [3.8, 4) is 0 Å². The van der Waals surface area contributed by atoms with Crippen LogP contribution in [0.1, 0.15) is 24.8 Å². The third kappa shape index (κ3) is 2.79. The molecule has 1 saturated heterocycles. The van der Waals surface area contributed by atoms with Crippen molar-refractivity contribution in [1.29, 1.82) is 5.41 Å². The Morgan fingerprint density at radius 3 is 2.79 bits per heavy atom. The van der Waals surface area contributed by atoms with Crippen LogP contribution in [-0.2, 0) is 10.0 Å². The van der Waals surface area contributed by atoms with Crippen LogP contribution >= 0.6 is 0 Å². The second-order valence-electron chi connectivity index (χ2n) is 4.90. The predicted molar refractivity (Wildman–Crippen MR) is 74.6 cm³/mol. The minimum Gasteiger partial charge on any atom is -0.386 e. The number of benzene rings is 1. The smallest absolute Gasteiger partial charge is 0.243 e. The maximum absolute atomic E-state index is 12.6. The molecular weight excluding hydrogens is 262 g/mol. The van der Waals surface area contributed by atoms with Gasteiger partial charge >= 0.3 is 0 Å². The van der Waals surface area contributed by atoms with Gasteiger partial charge < -0.3 is 5.73 Å². The summed E-state index contributed by atoms with van der Waals surface area (Å²) in [6.07, 6.45) is 2.35. The molecule has 5 nitrogen and oxygen atoms in total. The van der Waals surface area contributed by atoms with Crippen LogP contribution in [0.15, 0.2) is 29.2 Å². The molecule has 0 aromatic heterocycles. The summed E-state index contributed by atoms with van der Waals surface area (Å²) in [5.41, 5.74) is 6.44. The maximum atomic E-state index is 12.6. The van der Waals surface area contributed by atoms with Crippen molar-refractivity contribution in [2.45, 2.75) is 37.1 Å². The highest BCUT2D eigenvalue weighted by molar-refractivity contribution is 7.89. The molecule has 1 aromatic rings. The zero-order chi connectivity index (χ0) is 14.0.